The number of ether oxygens (including phenoxy) is 1. The minimum atomic E-state index is -0.806. The number of carbonyl (C=O) groups excluding carboxylic acids is 2. The van der Waals surface area contributed by atoms with Gasteiger partial charge in [0.2, 0.25) is 0 Å². The Morgan fingerprint density at radius 2 is 1.72 bits per heavy atom. The highest BCUT2D eigenvalue weighted by molar-refractivity contribution is 5.96. The normalized spacial score (nSPS) is 14.8. The Morgan fingerprint density at radius 3 is 2.34 bits per heavy atom. The number of methoxy groups -OCH3 is 1. The Morgan fingerprint density at radius 1 is 1.06 bits per heavy atom. The third kappa shape index (κ3) is 5.47. The highest BCUT2D eigenvalue weighted by Crippen LogP contribution is 2.21. The molecule has 1 N–H and O–H groups in total. The van der Waals surface area contributed by atoms with Crippen molar-refractivity contribution in [1.82, 2.24) is 9.88 Å². The zero-order valence-electron chi connectivity index (χ0n) is 19.6. The highest BCUT2D eigenvalue weighted by Gasteiger charge is 2.28. The van der Waals surface area contributed by atoms with Crippen molar-refractivity contribution in [2.24, 2.45) is 5.92 Å². The van der Waals surface area contributed by atoms with Gasteiger partial charge in [-0.2, -0.15) is 0 Å². The van der Waals surface area contributed by atoms with E-state index < -0.39 is 17.9 Å². The van der Waals surface area contributed by atoms with E-state index in [9.17, 15) is 14.4 Å². The molecule has 1 amide bonds. The second kappa shape index (κ2) is 10.6. The predicted molar refractivity (Wildman–Crippen MR) is 125 cm³/mol. The molecule has 0 saturated heterocycles. The highest BCUT2D eigenvalue weighted by atomic mass is 16.5. The lowest BCUT2D eigenvalue weighted by atomic mass is 9.95. The van der Waals surface area contributed by atoms with Crippen LogP contribution in [0.5, 0.6) is 0 Å². The van der Waals surface area contributed by atoms with E-state index in [2.05, 4.69) is 5.32 Å². The molecule has 0 spiro atoms. The number of fused-ring (bicyclic) bond motifs is 1. The molecule has 0 unspecified atom stereocenters. The van der Waals surface area contributed by atoms with Crippen LogP contribution in [0.25, 0.3) is 0 Å². The lowest BCUT2D eigenvalue weighted by molar-refractivity contribution is -0.144. The Hall–Kier alpha value is -2.89. The van der Waals surface area contributed by atoms with E-state index in [0.29, 0.717) is 6.54 Å². The number of hydrogen-bond acceptors (Lipinski definition) is 4. The molecule has 6 heteroatoms. The van der Waals surface area contributed by atoms with Gasteiger partial charge in [0.1, 0.15) is 11.6 Å². The molecule has 1 aliphatic rings. The number of hydrogen-bond donors (Lipinski definition) is 1. The van der Waals surface area contributed by atoms with Crippen molar-refractivity contribution >= 4 is 11.9 Å². The number of pyridine rings is 1. The van der Waals surface area contributed by atoms with Crippen molar-refractivity contribution < 1.29 is 14.3 Å². The number of nitrogens with one attached hydrogen (secondary N) is 1. The molecule has 0 bridgehead atoms. The molecule has 0 fully saturated rings. The van der Waals surface area contributed by atoms with Gasteiger partial charge in [-0.15, -0.1) is 0 Å². The number of aryl methyl sites for hydroxylation is 2. The number of aromatic nitrogens is 1. The molecule has 172 valence electrons. The summed E-state index contributed by atoms with van der Waals surface area (Å²) in [7, 11) is 1.30. The van der Waals surface area contributed by atoms with Crippen LogP contribution in [-0.2, 0) is 28.9 Å². The third-order valence-electron chi connectivity index (χ3n) is 6.21. The summed E-state index contributed by atoms with van der Waals surface area (Å²) < 4.78 is 6.60. The maximum Gasteiger partial charge on any atom is 0.328 e. The fraction of sp³-hybridized carbons (Fsp3) is 0.500. The number of esters is 1. The Balaban J connectivity index is 2.05. The molecule has 1 atom stereocenters. The molecular weight excluding hydrogens is 404 g/mol. The lowest BCUT2D eigenvalue weighted by Crippen LogP contribution is -2.47. The average Bonchev–Trinajstić information content (AvgIpc) is 2.75. The van der Waals surface area contributed by atoms with E-state index in [1.807, 2.05) is 45.0 Å². The van der Waals surface area contributed by atoms with Crippen molar-refractivity contribution in [1.29, 1.82) is 0 Å². The van der Waals surface area contributed by atoms with Gasteiger partial charge in [0, 0.05) is 5.69 Å². The van der Waals surface area contributed by atoms with Gasteiger partial charge in [-0.05, 0) is 55.7 Å². The fourth-order valence-electron chi connectivity index (χ4n) is 4.28. The number of rotatable bonds is 6. The van der Waals surface area contributed by atoms with Crippen LogP contribution in [0.1, 0.15) is 72.3 Å². The smallest absolute Gasteiger partial charge is 0.328 e. The van der Waals surface area contributed by atoms with Crippen LogP contribution in [0.4, 0.5) is 0 Å². The molecule has 1 heterocycles. The predicted octanol–water partition coefficient (Wildman–Crippen LogP) is 3.79. The zero-order chi connectivity index (χ0) is 23.3. The first-order valence-corrected chi connectivity index (χ1v) is 11.5. The lowest BCUT2D eigenvalue weighted by Gasteiger charge is -2.23. The molecule has 1 aromatic heterocycles. The minimum Gasteiger partial charge on any atom is -0.467 e. The van der Waals surface area contributed by atoms with Gasteiger partial charge in [0.25, 0.3) is 11.5 Å². The number of carbonyl (C=O) groups is 2. The summed E-state index contributed by atoms with van der Waals surface area (Å²) in [4.78, 5) is 38.8. The molecule has 6 nitrogen and oxygen atoms in total. The van der Waals surface area contributed by atoms with E-state index >= 15 is 0 Å². The maximum absolute atomic E-state index is 13.5. The summed E-state index contributed by atoms with van der Waals surface area (Å²) >= 11 is 0. The second-order valence-corrected chi connectivity index (χ2v) is 9.04. The summed E-state index contributed by atoms with van der Waals surface area (Å²) in [5.41, 5.74) is 4.04. The van der Waals surface area contributed by atoms with Gasteiger partial charge in [-0.25, -0.2) is 4.79 Å². The first-order valence-electron chi connectivity index (χ1n) is 11.5. The summed E-state index contributed by atoms with van der Waals surface area (Å²) in [6, 6.07) is 9.05. The van der Waals surface area contributed by atoms with Crippen LogP contribution in [-0.4, -0.2) is 29.6 Å². The van der Waals surface area contributed by atoms with E-state index in [1.54, 1.807) is 10.6 Å². The standard InChI is InChI=1S/C26H34N2O4/c1-17(2)23(26(31)32-4)27-24(29)21-15-20-9-7-5-6-8-10-22(20)28(25(21)30)16-19-13-11-18(3)12-14-19/h11-15,17,23H,5-10,16H2,1-4H3,(H,27,29)/t23-/m0/s1. The van der Waals surface area contributed by atoms with Crippen molar-refractivity contribution in [3.63, 3.8) is 0 Å². The Labute approximate surface area is 190 Å². The Bertz CT molecular complexity index is 1020. The largest absolute Gasteiger partial charge is 0.467 e. The zero-order valence-corrected chi connectivity index (χ0v) is 19.6. The topological polar surface area (TPSA) is 77.4 Å². The molecule has 0 saturated carbocycles. The number of nitrogens with zero attached hydrogens (tertiary/aromatic N) is 1. The Kier molecular flexibility index (Phi) is 7.89. The quantitative estimate of drug-likeness (QED) is 0.696. The van der Waals surface area contributed by atoms with Crippen LogP contribution in [0.2, 0.25) is 0 Å². The van der Waals surface area contributed by atoms with Gasteiger partial charge in [-0.1, -0.05) is 56.5 Å². The van der Waals surface area contributed by atoms with Crippen molar-refractivity contribution in [3.8, 4) is 0 Å². The molecular formula is C26H34N2O4. The van der Waals surface area contributed by atoms with Gasteiger partial charge in [0.05, 0.1) is 13.7 Å². The molecule has 0 radical (unpaired) electrons. The van der Waals surface area contributed by atoms with Crippen molar-refractivity contribution in [2.75, 3.05) is 7.11 Å². The molecule has 1 aromatic carbocycles. The molecule has 32 heavy (non-hydrogen) atoms. The fourth-order valence-corrected chi connectivity index (χ4v) is 4.28. The molecule has 2 aromatic rings. The van der Waals surface area contributed by atoms with Crippen molar-refractivity contribution in [3.05, 3.63) is 68.6 Å². The van der Waals surface area contributed by atoms with Gasteiger partial charge in [-0.3, -0.25) is 9.59 Å². The maximum atomic E-state index is 13.5. The number of benzene rings is 1. The summed E-state index contributed by atoms with van der Waals surface area (Å²) in [5.74, 6) is -1.20. The van der Waals surface area contributed by atoms with Gasteiger partial charge >= 0.3 is 5.97 Å². The van der Waals surface area contributed by atoms with Crippen molar-refractivity contribution in [2.45, 2.75) is 71.9 Å². The number of amides is 1. The van der Waals surface area contributed by atoms with Gasteiger partial charge in [0.15, 0.2) is 0 Å². The van der Waals surface area contributed by atoms with Crippen LogP contribution < -0.4 is 10.9 Å². The third-order valence-corrected chi connectivity index (χ3v) is 6.21. The van der Waals surface area contributed by atoms with Crippen LogP contribution in [0, 0.1) is 12.8 Å². The van der Waals surface area contributed by atoms with E-state index in [-0.39, 0.29) is 17.0 Å². The average molecular weight is 439 g/mol. The molecule has 1 aliphatic carbocycles. The summed E-state index contributed by atoms with van der Waals surface area (Å²) in [5, 5.41) is 2.73. The SMILES string of the molecule is COC(=O)[C@@H](NC(=O)c1cc2c(n(Cc3ccc(C)cc3)c1=O)CCCCCC2)C(C)C. The van der Waals surface area contributed by atoms with E-state index in [4.69, 9.17) is 4.74 Å². The first-order chi connectivity index (χ1) is 15.3. The summed E-state index contributed by atoms with van der Waals surface area (Å²) in [6.07, 6.45) is 6.03. The second-order valence-electron chi connectivity index (χ2n) is 9.04. The molecule has 0 aliphatic heterocycles. The minimum absolute atomic E-state index is 0.0889. The first kappa shape index (κ1) is 23.8. The van der Waals surface area contributed by atoms with Crippen LogP contribution >= 0.6 is 0 Å². The van der Waals surface area contributed by atoms with Crippen LogP contribution in [0.15, 0.2) is 35.1 Å². The molecule has 3 rings (SSSR count). The van der Waals surface area contributed by atoms with E-state index in [0.717, 1.165) is 60.9 Å². The summed E-state index contributed by atoms with van der Waals surface area (Å²) in [6.45, 7) is 6.12. The van der Waals surface area contributed by atoms with Gasteiger partial charge < -0.3 is 14.6 Å². The van der Waals surface area contributed by atoms with E-state index in [1.165, 1.54) is 7.11 Å². The monoisotopic (exact) mass is 438 g/mol. The van der Waals surface area contributed by atoms with Crippen LogP contribution in [0.3, 0.4) is 0 Å².